The number of thioether (sulfide) groups is 1. The minimum absolute atomic E-state index is 0.0478. The van der Waals surface area contributed by atoms with Gasteiger partial charge < -0.3 is 4.74 Å². The van der Waals surface area contributed by atoms with Gasteiger partial charge in [-0.05, 0) is 32.8 Å². The van der Waals surface area contributed by atoms with E-state index in [1.165, 1.54) is 17.3 Å². The van der Waals surface area contributed by atoms with Gasteiger partial charge in [0.1, 0.15) is 5.60 Å². The van der Waals surface area contributed by atoms with E-state index < -0.39 is 5.60 Å². The lowest BCUT2D eigenvalue weighted by Gasteiger charge is -2.19. The summed E-state index contributed by atoms with van der Waals surface area (Å²) >= 11 is 1.30. The van der Waals surface area contributed by atoms with Gasteiger partial charge in [-0.25, -0.2) is 0 Å². The molecule has 0 fully saturated rings. The number of hydrogen-bond acceptors (Lipinski definition) is 4. The third-order valence-corrected chi connectivity index (χ3v) is 3.59. The molecule has 1 rings (SSSR count). The predicted octanol–water partition coefficient (Wildman–Crippen LogP) is 3.90. The highest BCUT2D eigenvalue weighted by molar-refractivity contribution is 8.00. The van der Waals surface area contributed by atoms with Crippen LogP contribution in [0.5, 0.6) is 0 Å². The molecule has 1 aromatic carbocycles. The first-order valence-corrected chi connectivity index (χ1v) is 8.39. The summed E-state index contributed by atoms with van der Waals surface area (Å²) < 4.78 is 5.20. The van der Waals surface area contributed by atoms with Crippen LogP contribution < -0.4 is 0 Å². The van der Waals surface area contributed by atoms with Gasteiger partial charge in [-0.3, -0.25) is 9.59 Å². The Kier molecular flexibility index (Phi) is 6.96. The largest absolute Gasteiger partial charge is 0.459 e. The van der Waals surface area contributed by atoms with Crippen LogP contribution in [0.2, 0.25) is 0 Å². The van der Waals surface area contributed by atoms with E-state index in [0.29, 0.717) is 11.3 Å². The van der Waals surface area contributed by atoms with Gasteiger partial charge in [0.05, 0.1) is 11.5 Å². The Labute approximate surface area is 131 Å². The SMILES string of the molecule is CCCc1ccc(C(=O)CSCC(=O)OC(C)(C)C)cc1. The second-order valence-electron chi connectivity index (χ2n) is 5.95. The number of esters is 1. The van der Waals surface area contributed by atoms with Crippen molar-refractivity contribution in [3.05, 3.63) is 35.4 Å². The highest BCUT2D eigenvalue weighted by Gasteiger charge is 2.16. The van der Waals surface area contributed by atoms with Crippen LogP contribution in [-0.4, -0.2) is 28.9 Å². The molecule has 0 heterocycles. The Morgan fingerprint density at radius 1 is 1.10 bits per heavy atom. The fraction of sp³-hybridized carbons (Fsp3) is 0.529. The lowest BCUT2D eigenvalue weighted by atomic mass is 10.1. The number of rotatable bonds is 7. The van der Waals surface area contributed by atoms with Crippen LogP contribution in [0.1, 0.15) is 50.0 Å². The quantitative estimate of drug-likeness (QED) is 0.566. The summed E-state index contributed by atoms with van der Waals surface area (Å²) in [6.45, 7) is 7.63. The van der Waals surface area contributed by atoms with Crippen molar-refractivity contribution >= 4 is 23.5 Å². The highest BCUT2D eigenvalue weighted by atomic mass is 32.2. The zero-order chi connectivity index (χ0) is 15.9. The molecule has 0 aromatic heterocycles. The van der Waals surface area contributed by atoms with Gasteiger partial charge in [-0.15, -0.1) is 11.8 Å². The second kappa shape index (κ2) is 8.23. The van der Waals surface area contributed by atoms with Crippen molar-refractivity contribution in [1.82, 2.24) is 0 Å². The molecular weight excluding hydrogens is 284 g/mol. The molecule has 0 N–H and O–H groups in total. The van der Waals surface area contributed by atoms with Gasteiger partial charge in [-0.2, -0.15) is 0 Å². The number of ketones is 1. The maximum Gasteiger partial charge on any atom is 0.316 e. The molecule has 0 aliphatic heterocycles. The second-order valence-corrected chi connectivity index (χ2v) is 6.93. The van der Waals surface area contributed by atoms with E-state index in [0.717, 1.165) is 12.8 Å². The van der Waals surface area contributed by atoms with E-state index in [-0.39, 0.29) is 17.5 Å². The zero-order valence-electron chi connectivity index (χ0n) is 13.3. The summed E-state index contributed by atoms with van der Waals surface area (Å²) in [5.74, 6) is 0.272. The van der Waals surface area contributed by atoms with E-state index in [2.05, 4.69) is 6.92 Å². The lowest BCUT2D eigenvalue weighted by Crippen LogP contribution is -2.25. The van der Waals surface area contributed by atoms with Crippen LogP contribution in [0, 0.1) is 0 Å². The lowest BCUT2D eigenvalue weighted by molar-refractivity contribution is -0.151. The first kappa shape index (κ1) is 17.8. The topological polar surface area (TPSA) is 43.4 Å². The van der Waals surface area contributed by atoms with Crippen molar-refractivity contribution in [2.45, 2.75) is 46.1 Å². The molecule has 3 nitrogen and oxygen atoms in total. The Balaban J connectivity index is 2.38. The number of Topliss-reactive ketones (excluding diaryl/α,β-unsaturated/α-hetero) is 1. The van der Waals surface area contributed by atoms with Crippen LogP contribution in [0.4, 0.5) is 0 Å². The van der Waals surface area contributed by atoms with E-state index >= 15 is 0 Å². The fourth-order valence-electron chi connectivity index (χ4n) is 1.83. The van der Waals surface area contributed by atoms with Crippen LogP contribution in [-0.2, 0) is 16.0 Å². The molecule has 0 radical (unpaired) electrons. The van der Waals surface area contributed by atoms with Crippen molar-refractivity contribution in [3.8, 4) is 0 Å². The van der Waals surface area contributed by atoms with Crippen molar-refractivity contribution in [2.24, 2.45) is 0 Å². The Morgan fingerprint density at radius 3 is 2.24 bits per heavy atom. The maximum absolute atomic E-state index is 12.0. The summed E-state index contributed by atoms with van der Waals surface area (Å²) in [6, 6.07) is 7.72. The number of benzene rings is 1. The van der Waals surface area contributed by atoms with Gasteiger partial charge in [0.15, 0.2) is 5.78 Å². The van der Waals surface area contributed by atoms with Crippen LogP contribution in [0.3, 0.4) is 0 Å². The number of aryl methyl sites for hydroxylation is 1. The molecular formula is C17H24O3S. The molecule has 21 heavy (non-hydrogen) atoms. The Bertz CT molecular complexity index is 472. The van der Waals surface area contributed by atoms with Crippen LogP contribution in [0.25, 0.3) is 0 Å². The van der Waals surface area contributed by atoms with Gasteiger partial charge in [0.25, 0.3) is 0 Å². The Hall–Kier alpha value is -1.29. The monoisotopic (exact) mass is 308 g/mol. The van der Waals surface area contributed by atoms with Crippen molar-refractivity contribution in [3.63, 3.8) is 0 Å². The molecule has 0 saturated heterocycles. The van der Waals surface area contributed by atoms with Crippen molar-refractivity contribution < 1.29 is 14.3 Å². The number of carbonyl (C=O) groups excluding carboxylic acids is 2. The molecule has 0 aliphatic carbocycles. The molecule has 0 unspecified atom stereocenters. The summed E-state index contributed by atoms with van der Waals surface area (Å²) in [5, 5.41) is 0. The molecule has 1 aromatic rings. The van der Waals surface area contributed by atoms with E-state index in [1.54, 1.807) is 0 Å². The van der Waals surface area contributed by atoms with Gasteiger partial charge in [0.2, 0.25) is 0 Å². The van der Waals surface area contributed by atoms with Crippen LogP contribution >= 0.6 is 11.8 Å². The van der Waals surface area contributed by atoms with E-state index in [1.807, 2.05) is 45.0 Å². The number of ether oxygens (including phenoxy) is 1. The number of carbonyl (C=O) groups is 2. The average molecular weight is 308 g/mol. The predicted molar refractivity (Wildman–Crippen MR) is 87.9 cm³/mol. The summed E-state index contributed by atoms with van der Waals surface area (Å²) in [7, 11) is 0. The summed E-state index contributed by atoms with van der Waals surface area (Å²) in [4.78, 5) is 23.5. The first-order valence-electron chi connectivity index (χ1n) is 7.23. The minimum atomic E-state index is -0.475. The normalized spacial score (nSPS) is 11.2. The van der Waals surface area contributed by atoms with Crippen molar-refractivity contribution in [2.75, 3.05) is 11.5 Å². The molecule has 0 atom stereocenters. The molecule has 0 bridgehead atoms. The van der Waals surface area contributed by atoms with Gasteiger partial charge >= 0.3 is 5.97 Å². The average Bonchev–Trinajstić information content (AvgIpc) is 2.37. The third kappa shape index (κ3) is 7.32. The van der Waals surface area contributed by atoms with E-state index in [4.69, 9.17) is 4.74 Å². The minimum Gasteiger partial charge on any atom is -0.459 e. The molecule has 0 spiro atoms. The summed E-state index contributed by atoms with van der Waals surface area (Å²) in [6.07, 6.45) is 2.13. The molecule has 4 heteroatoms. The molecule has 0 saturated carbocycles. The fourth-order valence-corrected chi connectivity index (χ4v) is 2.51. The molecule has 0 amide bonds. The van der Waals surface area contributed by atoms with Gasteiger partial charge in [-0.1, -0.05) is 37.6 Å². The smallest absolute Gasteiger partial charge is 0.316 e. The van der Waals surface area contributed by atoms with Gasteiger partial charge in [0, 0.05) is 5.56 Å². The maximum atomic E-state index is 12.0. The zero-order valence-corrected chi connectivity index (χ0v) is 14.1. The summed E-state index contributed by atoms with van der Waals surface area (Å²) in [5.41, 5.74) is 1.47. The standard InChI is InChI=1S/C17H24O3S/c1-5-6-13-7-9-14(10-8-13)15(18)11-21-12-16(19)20-17(2,3)4/h7-10H,5-6,11-12H2,1-4H3. The number of hydrogen-bond donors (Lipinski definition) is 0. The third-order valence-electron chi connectivity index (χ3n) is 2.69. The first-order chi connectivity index (χ1) is 9.81. The molecule has 0 aliphatic rings. The molecule has 116 valence electrons. The van der Waals surface area contributed by atoms with Crippen molar-refractivity contribution in [1.29, 1.82) is 0 Å². The highest BCUT2D eigenvalue weighted by Crippen LogP contribution is 2.13. The van der Waals surface area contributed by atoms with E-state index in [9.17, 15) is 9.59 Å². The van der Waals surface area contributed by atoms with Crippen LogP contribution in [0.15, 0.2) is 24.3 Å². The Morgan fingerprint density at radius 2 is 1.71 bits per heavy atom.